The molecule has 0 atom stereocenters. The van der Waals surface area contributed by atoms with Gasteiger partial charge in [0.1, 0.15) is 5.82 Å². The summed E-state index contributed by atoms with van der Waals surface area (Å²) < 4.78 is 38.3. The molecule has 4 nitrogen and oxygen atoms in total. The van der Waals surface area contributed by atoms with E-state index in [9.17, 15) is 18.0 Å². The van der Waals surface area contributed by atoms with Crippen molar-refractivity contribution < 1.29 is 18.0 Å². The Balaban J connectivity index is 3.12. The highest BCUT2D eigenvalue weighted by atomic mass is 19.4. The topological polar surface area (TPSA) is 38.1 Å². The van der Waals surface area contributed by atoms with E-state index in [1.54, 1.807) is 0 Å². The molecule has 0 unspecified atom stereocenters. The third kappa shape index (κ3) is 2.83. The first kappa shape index (κ1) is 14.5. The molecule has 0 radical (unpaired) electrons. The lowest BCUT2D eigenvalue weighted by Crippen LogP contribution is -2.39. The van der Waals surface area contributed by atoms with E-state index < -0.39 is 12.1 Å². The predicted molar refractivity (Wildman–Crippen MR) is 61.4 cm³/mol. The standard InChI is InChI=1S/C11H16F3N3O/c1-10(2,3)7-6-8(17(5)15-7)16(4)9(18)11(12,13)14/h6H,1-5H3. The van der Waals surface area contributed by atoms with Crippen molar-refractivity contribution >= 4 is 11.7 Å². The van der Waals surface area contributed by atoms with Crippen molar-refractivity contribution in [3.8, 4) is 0 Å². The average Bonchev–Trinajstić information content (AvgIpc) is 2.56. The maximum Gasteiger partial charge on any atom is 0.471 e. The summed E-state index contributed by atoms with van der Waals surface area (Å²) in [6.45, 7) is 5.68. The van der Waals surface area contributed by atoms with Crippen LogP contribution < -0.4 is 4.90 Å². The van der Waals surface area contributed by atoms with Crippen LogP contribution in [0.1, 0.15) is 26.5 Å². The molecule has 0 aliphatic rings. The second kappa shape index (κ2) is 4.29. The number of aromatic nitrogens is 2. The average molecular weight is 263 g/mol. The van der Waals surface area contributed by atoms with E-state index in [0.717, 1.165) is 7.05 Å². The lowest BCUT2D eigenvalue weighted by atomic mass is 9.92. The fourth-order valence-corrected chi connectivity index (χ4v) is 1.43. The zero-order valence-corrected chi connectivity index (χ0v) is 11.0. The Hall–Kier alpha value is -1.53. The van der Waals surface area contributed by atoms with Crippen LogP contribution in [-0.2, 0) is 17.3 Å². The lowest BCUT2D eigenvalue weighted by molar-refractivity contribution is -0.170. The molecule has 1 amide bonds. The molecule has 0 saturated heterocycles. The Bertz CT molecular complexity index is 457. The highest BCUT2D eigenvalue weighted by Crippen LogP contribution is 2.27. The number of carbonyl (C=O) groups is 1. The number of rotatable bonds is 1. The quantitative estimate of drug-likeness (QED) is 0.779. The molecule has 0 aliphatic carbocycles. The molecule has 1 rings (SSSR count). The summed E-state index contributed by atoms with van der Waals surface area (Å²) >= 11 is 0. The molecular formula is C11H16F3N3O. The molecule has 1 aromatic rings. The maximum absolute atomic E-state index is 12.3. The van der Waals surface area contributed by atoms with Crippen molar-refractivity contribution in [2.24, 2.45) is 7.05 Å². The van der Waals surface area contributed by atoms with Crippen molar-refractivity contribution in [1.29, 1.82) is 0 Å². The molecule has 0 aromatic carbocycles. The van der Waals surface area contributed by atoms with Gasteiger partial charge in [-0.2, -0.15) is 18.3 Å². The van der Waals surface area contributed by atoms with E-state index in [2.05, 4.69) is 5.10 Å². The van der Waals surface area contributed by atoms with Gasteiger partial charge in [-0.3, -0.25) is 14.4 Å². The second-order valence-electron chi connectivity index (χ2n) is 5.12. The molecule has 0 spiro atoms. The van der Waals surface area contributed by atoms with Crippen LogP contribution in [-0.4, -0.2) is 28.9 Å². The van der Waals surface area contributed by atoms with Gasteiger partial charge in [0.2, 0.25) is 0 Å². The fraction of sp³-hybridized carbons (Fsp3) is 0.636. The smallest absolute Gasteiger partial charge is 0.292 e. The molecule has 1 aromatic heterocycles. The van der Waals surface area contributed by atoms with Crippen LogP contribution in [0.3, 0.4) is 0 Å². The fourth-order valence-electron chi connectivity index (χ4n) is 1.43. The summed E-state index contributed by atoms with van der Waals surface area (Å²) in [6.07, 6.45) is -4.89. The minimum atomic E-state index is -4.89. The highest BCUT2D eigenvalue weighted by Gasteiger charge is 2.42. The normalized spacial score (nSPS) is 12.7. The van der Waals surface area contributed by atoms with Crippen molar-refractivity contribution in [2.75, 3.05) is 11.9 Å². The zero-order valence-electron chi connectivity index (χ0n) is 11.0. The molecule has 0 bridgehead atoms. The van der Waals surface area contributed by atoms with Gasteiger partial charge in [-0.05, 0) is 0 Å². The van der Waals surface area contributed by atoms with Gasteiger partial charge in [0, 0.05) is 25.6 Å². The third-order valence-electron chi connectivity index (χ3n) is 2.51. The van der Waals surface area contributed by atoms with E-state index >= 15 is 0 Å². The second-order valence-corrected chi connectivity index (χ2v) is 5.12. The van der Waals surface area contributed by atoms with E-state index in [1.807, 2.05) is 20.8 Å². The van der Waals surface area contributed by atoms with Crippen LogP contribution >= 0.6 is 0 Å². The molecule has 0 saturated carbocycles. The van der Waals surface area contributed by atoms with Crippen molar-refractivity contribution in [2.45, 2.75) is 32.4 Å². The number of alkyl halides is 3. The molecule has 7 heteroatoms. The third-order valence-corrected chi connectivity index (χ3v) is 2.51. The van der Waals surface area contributed by atoms with Gasteiger partial charge >= 0.3 is 12.1 Å². The number of amides is 1. The van der Waals surface area contributed by atoms with Crippen molar-refractivity contribution in [3.63, 3.8) is 0 Å². The number of aryl methyl sites for hydroxylation is 1. The van der Waals surface area contributed by atoms with Gasteiger partial charge in [-0.1, -0.05) is 20.8 Å². The Kier molecular flexibility index (Phi) is 3.47. The summed E-state index contributed by atoms with van der Waals surface area (Å²) in [5.41, 5.74) is 0.333. The predicted octanol–water partition coefficient (Wildman–Crippen LogP) is 2.24. The summed E-state index contributed by atoms with van der Waals surface area (Å²) in [5, 5.41) is 4.12. The largest absolute Gasteiger partial charge is 0.471 e. The highest BCUT2D eigenvalue weighted by molar-refractivity contribution is 5.96. The molecule has 0 fully saturated rings. The first-order chi connectivity index (χ1) is 7.94. The minimum Gasteiger partial charge on any atom is -0.292 e. The number of hydrogen-bond acceptors (Lipinski definition) is 2. The van der Waals surface area contributed by atoms with Crippen LogP contribution in [0.5, 0.6) is 0 Å². The van der Waals surface area contributed by atoms with E-state index in [1.165, 1.54) is 17.8 Å². The Morgan fingerprint density at radius 1 is 1.33 bits per heavy atom. The zero-order chi connectivity index (χ0) is 14.3. The summed E-state index contributed by atoms with van der Waals surface area (Å²) in [5.74, 6) is -1.80. The van der Waals surface area contributed by atoms with Gasteiger partial charge in [-0.15, -0.1) is 0 Å². The van der Waals surface area contributed by atoms with Crippen molar-refractivity contribution in [3.05, 3.63) is 11.8 Å². The molecular weight excluding hydrogens is 247 g/mol. The Morgan fingerprint density at radius 3 is 2.17 bits per heavy atom. The van der Waals surface area contributed by atoms with Gasteiger partial charge in [0.15, 0.2) is 0 Å². The minimum absolute atomic E-state index is 0.113. The van der Waals surface area contributed by atoms with Crippen LogP contribution in [0.2, 0.25) is 0 Å². The van der Waals surface area contributed by atoms with Crippen LogP contribution in [0.15, 0.2) is 6.07 Å². The van der Waals surface area contributed by atoms with Crippen molar-refractivity contribution in [1.82, 2.24) is 9.78 Å². The Labute approximate surface area is 103 Å². The maximum atomic E-state index is 12.3. The van der Waals surface area contributed by atoms with Gasteiger partial charge in [0.25, 0.3) is 0 Å². The van der Waals surface area contributed by atoms with Crippen LogP contribution in [0.25, 0.3) is 0 Å². The number of halogens is 3. The number of carbonyl (C=O) groups excluding carboxylic acids is 1. The van der Waals surface area contributed by atoms with Crippen LogP contribution in [0.4, 0.5) is 19.0 Å². The molecule has 1 heterocycles. The Morgan fingerprint density at radius 2 is 1.83 bits per heavy atom. The number of hydrogen-bond donors (Lipinski definition) is 0. The first-order valence-corrected chi connectivity index (χ1v) is 5.34. The SMILES string of the molecule is CN(C(=O)C(F)(F)F)c1cc(C(C)(C)C)nn1C. The van der Waals surface area contributed by atoms with Gasteiger partial charge < -0.3 is 0 Å². The van der Waals surface area contributed by atoms with Gasteiger partial charge in [-0.25, -0.2) is 0 Å². The van der Waals surface area contributed by atoms with E-state index in [4.69, 9.17) is 0 Å². The molecule has 0 N–H and O–H groups in total. The number of anilines is 1. The molecule has 0 aliphatic heterocycles. The summed E-state index contributed by atoms with van der Waals surface area (Å²) in [4.78, 5) is 11.7. The first-order valence-electron chi connectivity index (χ1n) is 5.34. The summed E-state index contributed by atoms with van der Waals surface area (Å²) in [7, 11) is 2.59. The number of nitrogens with zero attached hydrogens (tertiary/aromatic N) is 3. The van der Waals surface area contributed by atoms with Gasteiger partial charge in [0.05, 0.1) is 5.69 Å². The summed E-state index contributed by atoms with van der Waals surface area (Å²) in [6, 6.07) is 1.49. The lowest BCUT2D eigenvalue weighted by Gasteiger charge is -2.18. The van der Waals surface area contributed by atoms with Crippen LogP contribution in [0, 0.1) is 0 Å². The monoisotopic (exact) mass is 263 g/mol. The molecule has 18 heavy (non-hydrogen) atoms. The molecule has 102 valence electrons. The van der Waals surface area contributed by atoms with E-state index in [0.29, 0.717) is 10.6 Å². The van der Waals surface area contributed by atoms with E-state index in [-0.39, 0.29) is 11.2 Å².